The lowest BCUT2D eigenvalue weighted by atomic mass is 9.99. The summed E-state index contributed by atoms with van der Waals surface area (Å²) in [6.45, 7) is 5.01. The molecule has 1 saturated heterocycles. The van der Waals surface area contributed by atoms with Gasteiger partial charge in [-0.25, -0.2) is 0 Å². The van der Waals surface area contributed by atoms with Gasteiger partial charge in [0.05, 0.1) is 5.69 Å². The number of piperidine rings is 1. The second kappa shape index (κ2) is 6.18. The summed E-state index contributed by atoms with van der Waals surface area (Å²) >= 11 is 0. The lowest BCUT2D eigenvalue weighted by Gasteiger charge is -2.32. The minimum absolute atomic E-state index is 0.386. The maximum Gasteiger partial charge on any atom is 0.299 e. The number of hydrogen-bond donors (Lipinski definition) is 2. The van der Waals surface area contributed by atoms with Crippen LogP contribution >= 0.6 is 0 Å². The van der Waals surface area contributed by atoms with Gasteiger partial charge in [0.25, 0.3) is 6.01 Å². The van der Waals surface area contributed by atoms with Gasteiger partial charge in [0.2, 0.25) is 0 Å². The van der Waals surface area contributed by atoms with Gasteiger partial charge in [-0.1, -0.05) is 6.92 Å². The Bertz CT molecular complexity index is 570. The van der Waals surface area contributed by atoms with E-state index < -0.39 is 0 Å². The topological polar surface area (TPSA) is 67.3 Å². The largest absolute Gasteiger partial charge is 0.432 e. The summed E-state index contributed by atoms with van der Waals surface area (Å²) in [6.07, 6.45) is 4.13. The van der Waals surface area contributed by atoms with Crippen molar-refractivity contribution in [1.29, 1.82) is 0 Å². The molecule has 0 unspecified atom stereocenters. The van der Waals surface area contributed by atoms with E-state index in [1.54, 1.807) is 6.26 Å². The molecule has 1 aliphatic heterocycles. The molecule has 1 aliphatic rings. The predicted molar refractivity (Wildman–Crippen MR) is 84.7 cm³/mol. The van der Waals surface area contributed by atoms with Crippen LogP contribution in [0.25, 0.3) is 0 Å². The van der Waals surface area contributed by atoms with Crippen molar-refractivity contribution in [3.05, 3.63) is 36.2 Å². The van der Waals surface area contributed by atoms with Crippen molar-refractivity contribution < 1.29 is 4.42 Å². The minimum Gasteiger partial charge on any atom is -0.432 e. The van der Waals surface area contributed by atoms with Crippen molar-refractivity contribution in [2.24, 2.45) is 11.7 Å². The van der Waals surface area contributed by atoms with Crippen LogP contribution < -0.4 is 16.0 Å². The Kier molecular flexibility index (Phi) is 4.10. The van der Waals surface area contributed by atoms with Crippen molar-refractivity contribution in [3.8, 4) is 0 Å². The molecule has 5 nitrogen and oxygen atoms in total. The monoisotopic (exact) mass is 286 g/mol. The first kappa shape index (κ1) is 13.9. The predicted octanol–water partition coefficient (Wildman–Crippen LogP) is 3.11. The molecule has 3 rings (SSSR count). The van der Waals surface area contributed by atoms with Crippen molar-refractivity contribution in [1.82, 2.24) is 4.98 Å². The quantitative estimate of drug-likeness (QED) is 0.904. The first-order valence-electron chi connectivity index (χ1n) is 7.51. The molecule has 0 amide bonds. The maximum absolute atomic E-state index is 5.51. The molecule has 1 fully saturated rings. The average Bonchev–Trinajstić information content (AvgIpc) is 2.97. The zero-order chi connectivity index (χ0) is 14.7. The van der Waals surface area contributed by atoms with Gasteiger partial charge < -0.3 is 20.4 Å². The summed E-state index contributed by atoms with van der Waals surface area (Å²) in [5.41, 5.74) is 8.51. The third-order valence-corrected chi connectivity index (χ3v) is 4.03. The molecule has 2 heterocycles. The molecule has 21 heavy (non-hydrogen) atoms. The van der Waals surface area contributed by atoms with Crippen LogP contribution in [0.3, 0.4) is 0 Å². The maximum atomic E-state index is 5.51. The molecule has 1 aromatic carbocycles. The molecular weight excluding hydrogens is 264 g/mol. The third kappa shape index (κ3) is 3.36. The van der Waals surface area contributed by atoms with Gasteiger partial charge >= 0.3 is 0 Å². The highest BCUT2D eigenvalue weighted by Gasteiger charge is 2.15. The van der Waals surface area contributed by atoms with Gasteiger partial charge in [-0.2, -0.15) is 4.98 Å². The van der Waals surface area contributed by atoms with E-state index in [0.29, 0.717) is 12.6 Å². The summed E-state index contributed by atoms with van der Waals surface area (Å²) in [6, 6.07) is 8.88. The van der Waals surface area contributed by atoms with E-state index in [1.165, 1.54) is 18.5 Å². The van der Waals surface area contributed by atoms with E-state index in [9.17, 15) is 0 Å². The SMILES string of the molecule is CC1CCN(c2ccc(Nc3nc(CN)co3)cc2)CC1. The average molecular weight is 286 g/mol. The summed E-state index contributed by atoms with van der Waals surface area (Å²) in [7, 11) is 0. The molecule has 0 aliphatic carbocycles. The lowest BCUT2D eigenvalue weighted by molar-refractivity contribution is 0.438. The summed E-state index contributed by atoms with van der Waals surface area (Å²) in [4.78, 5) is 6.68. The first-order chi connectivity index (χ1) is 10.2. The number of benzene rings is 1. The Labute approximate surface area is 125 Å². The summed E-state index contributed by atoms with van der Waals surface area (Å²) in [5, 5.41) is 3.14. The molecular formula is C16H22N4O. The van der Waals surface area contributed by atoms with Gasteiger partial charge in [-0.05, 0) is 43.0 Å². The normalized spacial score (nSPS) is 16.2. The van der Waals surface area contributed by atoms with E-state index in [0.717, 1.165) is 30.4 Å². The highest BCUT2D eigenvalue weighted by molar-refractivity contribution is 5.58. The Morgan fingerprint density at radius 1 is 1.29 bits per heavy atom. The summed E-state index contributed by atoms with van der Waals surface area (Å²) < 4.78 is 5.31. The highest BCUT2D eigenvalue weighted by Crippen LogP contribution is 2.25. The Balaban J connectivity index is 1.63. The van der Waals surface area contributed by atoms with Crippen LogP contribution in [0.15, 0.2) is 34.9 Å². The molecule has 1 aromatic heterocycles. The zero-order valence-electron chi connectivity index (χ0n) is 12.4. The van der Waals surface area contributed by atoms with Crippen LogP contribution in [0.5, 0.6) is 0 Å². The fourth-order valence-electron chi connectivity index (χ4n) is 2.60. The molecule has 112 valence electrons. The Morgan fingerprint density at radius 2 is 2.00 bits per heavy atom. The van der Waals surface area contributed by atoms with Crippen LogP contribution in [0.1, 0.15) is 25.5 Å². The molecule has 0 radical (unpaired) electrons. The van der Waals surface area contributed by atoms with Crippen LogP contribution in [-0.2, 0) is 6.54 Å². The van der Waals surface area contributed by atoms with Gasteiger partial charge in [0.1, 0.15) is 6.26 Å². The fourth-order valence-corrected chi connectivity index (χ4v) is 2.60. The van der Waals surface area contributed by atoms with E-state index in [4.69, 9.17) is 10.2 Å². The number of aromatic nitrogens is 1. The molecule has 0 atom stereocenters. The van der Waals surface area contributed by atoms with Crippen molar-refractivity contribution in [2.45, 2.75) is 26.3 Å². The Hall–Kier alpha value is -2.01. The van der Waals surface area contributed by atoms with E-state index in [2.05, 4.69) is 46.4 Å². The van der Waals surface area contributed by atoms with Gasteiger partial charge in [-0.3, -0.25) is 0 Å². The van der Waals surface area contributed by atoms with E-state index in [-0.39, 0.29) is 0 Å². The van der Waals surface area contributed by atoms with Crippen LogP contribution in [-0.4, -0.2) is 18.1 Å². The number of rotatable bonds is 4. The molecule has 2 aromatic rings. The van der Waals surface area contributed by atoms with Gasteiger partial charge in [0.15, 0.2) is 0 Å². The van der Waals surface area contributed by atoms with Crippen molar-refractivity contribution in [2.75, 3.05) is 23.3 Å². The van der Waals surface area contributed by atoms with Crippen molar-refractivity contribution in [3.63, 3.8) is 0 Å². The minimum atomic E-state index is 0.386. The molecule has 0 saturated carbocycles. The third-order valence-electron chi connectivity index (χ3n) is 4.03. The summed E-state index contributed by atoms with van der Waals surface area (Å²) in [5.74, 6) is 0.851. The Morgan fingerprint density at radius 3 is 2.62 bits per heavy atom. The van der Waals surface area contributed by atoms with Gasteiger partial charge in [-0.15, -0.1) is 0 Å². The second-order valence-corrected chi connectivity index (χ2v) is 5.69. The number of nitrogens with two attached hydrogens (primary N) is 1. The number of anilines is 3. The smallest absolute Gasteiger partial charge is 0.299 e. The fraction of sp³-hybridized carbons (Fsp3) is 0.438. The van der Waals surface area contributed by atoms with Gasteiger partial charge in [0, 0.05) is 31.0 Å². The number of nitrogens with one attached hydrogen (secondary N) is 1. The number of hydrogen-bond acceptors (Lipinski definition) is 5. The second-order valence-electron chi connectivity index (χ2n) is 5.69. The van der Waals surface area contributed by atoms with E-state index in [1.807, 2.05) is 0 Å². The molecule has 0 bridgehead atoms. The number of nitrogens with zero attached hydrogens (tertiary/aromatic N) is 2. The standard InChI is InChI=1S/C16H22N4O/c1-12-6-8-20(9-7-12)15-4-2-13(3-5-15)18-16-19-14(10-17)11-21-16/h2-5,11-12H,6-10,17H2,1H3,(H,18,19). The molecule has 5 heteroatoms. The molecule has 3 N–H and O–H groups in total. The first-order valence-corrected chi connectivity index (χ1v) is 7.51. The van der Waals surface area contributed by atoms with Crippen LogP contribution in [0.2, 0.25) is 0 Å². The van der Waals surface area contributed by atoms with Crippen LogP contribution in [0, 0.1) is 5.92 Å². The lowest BCUT2D eigenvalue weighted by Crippen LogP contribution is -2.32. The zero-order valence-corrected chi connectivity index (χ0v) is 12.4. The van der Waals surface area contributed by atoms with Crippen molar-refractivity contribution >= 4 is 17.4 Å². The van der Waals surface area contributed by atoms with E-state index >= 15 is 0 Å². The number of oxazole rings is 1. The highest BCUT2D eigenvalue weighted by atomic mass is 16.4. The van der Waals surface area contributed by atoms with Crippen LogP contribution in [0.4, 0.5) is 17.4 Å². The molecule has 0 spiro atoms.